The highest BCUT2D eigenvalue weighted by molar-refractivity contribution is 5.77. The molecule has 1 saturated heterocycles. The van der Waals surface area contributed by atoms with Crippen LogP contribution in [0.2, 0.25) is 0 Å². The normalized spacial score (nSPS) is 14.9. The zero-order valence-electron chi connectivity index (χ0n) is 16.1. The van der Waals surface area contributed by atoms with E-state index >= 15 is 0 Å². The van der Waals surface area contributed by atoms with Crippen LogP contribution in [-0.2, 0) is 13.6 Å². The molecule has 0 unspecified atom stereocenters. The molecule has 4 rings (SSSR count). The van der Waals surface area contributed by atoms with Crippen LogP contribution in [-0.4, -0.2) is 39.4 Å². The van der Waals surface area contributed by atoms with Crippen LogP contribution in [0.4, 0.5) is 0 Å². The van der Waals surface area contributed by atoms with Crippen molar-refractivity contribution in [3.05, 3.63) is 48.4 Å². The minimum atomic E-state index is 0.519. The molecular formula is C21H26N6O. The molecule has 1 aliphatic heterocycles. The van der Waals surface area contributed by atoms with Gasteiger partial charge in [-0.05, 0) is 37.4 Å². The molecule has 0 aliphatic carbocycles. The molecule has 3 heterocycles. The third-order valence-electron chi connectivity index (χ3n) is 5.12. The smallest absolute Gasteiger partial charge is 0.232 e. The van der Waals surface area contributed by atoms with Gasteiger partial charge < -0.3 is 15.8 Å². The Kier molecular flexibility index (Phi) is 5.64. The van der Waals surface area contributed by atoms with Gasteiger partial charge in [-0.2, -0.15) is 5.10 Å². The minimum absolute atomic E-state index is 0.519. The summed E-state index contributed by atoms with van der Waals surface area (Å²) in [4.78, 5) is 9.47. The Morgan fingerprint density at radius 1 is 1.11 bits per heavy atom. The number of aromatic nitrogens is 4. The monoisotopic (exact) mass is 378 g/mol. The number of piperidine rings is 1. The number of nitrogens with one attached hydrogen (secondary N) is 1. The van der Waals surface area contributed by atoms with Crippen molar-refractivity contribution >= 4 is 0 Å². The lowest BCUT2D eigenvalue weighted by Crippen LogP contribution is -2.30. The van der Waals surface area contributed by atoms with Crippen LogP contribution in [0.25, 0.3) is 22.5 Å². The average molecular weight is 378 g/mol. The lowest BCUT2D eigenvalue weighted by atomic mass is 9.99. The maximum atomic E-state index is 6.00. The molecule has 3 aromatic rings. The standard InChI is InChI=1S/C21H26N6O/c1-27-13-18(11-25-27)21-20(17-4-2-15(10-22)3-5-17)24-12-19(26-21)28-14-16-6-8-23-9-7-16/h2-5,11-13,16,23H,6-10,14,22H2,1H3. The van der Waals surface area contributed by atoms with Crippen LogP contribution in [0.1, 0.15) is 18.4 Å². The van der Waals surface area contributed by atoms with Gasteiger partial charge in [-0.3, -0.25) is 4.68 Å². The number of hydrogen-bond acceptors (Lipinski definition) is 6. The first-order valence-corrected chi connectivity index (χ1v) is 9.72. The van der Waals surface area contributed by atoms with Crippen molar-refractivity contribution in [2.45, 2.75) is 19.4 Å². The van der Waals surface area contributed by atoms with Gasteiger partial charge in [-0.15, -0.1) is 0 Å². The van der Waals surface area contributed by atoms with Crippen LogP contribution >= 0.6 is 0 Å². The van der Waals surface area contributed by atoms with Crippen LogP contribution in [0.5, 0.6) is 5.88 Å². The Bertz CT molecular complexity index is 915. The van der Waals surface area contributed by atoms with Gasteiger partial charge in [0.2, 0.25) is 5.88 Å². The predicted molar refractivity (Wildman–Crippen MR) is 109 cm³/mol. The van der Waals surface area contributed by atoms with Crippen molar-refractivity contribution in [2.24, 2.45) is 18.7 Å². The molecule has 0 saturated carbocycles. The van der Waals surface area contributed by atoms with Crippen molar-refractivity contribution in [2.75, 3.05) is 19.7 Å². The van der Waals surface area contributed by atoms with E-state index in [1.54, 1.807) is 17.1 Å². The second kappa shape index (κ2) is 8.50. The summed E-state index contributed by atoms with van der Waals surface area (Å²) in [6, 6.07) is 8.10. The summed E-state index contributed by atoms with van der Waals surface area (Å²) in [5, 5.41) is 7.67. The summed E-state index contributed by atoms with van der Waals surface area (Å²) >= 11 is 0. The summed E-state index contributed by atoms with van der Waals surface area (Å²) in [5.41, 5.74) is 10.3. The van der Waals surface area contributed by atoms with Gasteiger partial charge in [-0.1, -0.05) is 24.3 Å². The van der Waals surface area contributed by atoms with E-state index in [-0.39, 0.29) is 0 Å². The molecule has 1 aromatic carbocycles. The van der Waals surface area contributed by atoms with E-state index in [9.17, 15) is 0 Å². The van der Waals surface area contributed by atoms with Crippen LogP contribution in [0, 0.1) is 5.92 Å². The summed E-state index contributed by atoms with van der Waals surface area (Å²) in [7, 11) is 1.89. The van der Waals surface area contributed by atoms with Crippen LogP contribution in [0.3, 0.4) is 0 Å². The van der Waals surface area contributed by atoms with E-state index in [0.717, 1.165) is 54.0 Å². The fourth-order valence-corrected chi connectivity index (χ4v) is 3.45. The highest BCUT2D eigenvalue weighted by atomic mass is 16.5. The van der Waals surface area contributed by atoms with Gasteiger partial charge in [0.1, 0.15) is 5.69 Å². The number of aryl methyl sites for hydroxylation is 1. The Labute approximate surface area is 165 Å². The van der Waals surface area contributed by atoms with Gasteiger partial charge in [0, 0.05) is 30.9 Å². The quantitative estimate of drug-likeness (QED) is 0.684. The largest absolute Gasteiger partial charge is 0.476 e. The first-order chi connectivity index (χ1) is 13.7. The molecule has 0 bridgehead atoms. The Morgan fingerprint density at radius 3 is 2.57 bits per heavy atom. The molecule has 7 heteroatoms. The summed E-state index contributed by atoms with van der Waals surface area (Å²) in [5.74, 6) is 1.12. The molecule has 0 radical (unpaired) electrons. The fraction of sp³-hybridized carbons (Fsp3) is 0.381. The summed E-state index contributed by atoms with van der Waals surface area (Å²) < 4.78 is 7.76. The highest BCUT2D eigenvalue weighted by Crippen LogP contribution is 2.30. The van der Waals surface area contributed by atoms with E-state index in [1.165, 1.54) is 0 Å². The molecular weight excluding hydrogens is 352 g/mol. The van der Waals surface area contributed by atoms with Crippen molar-refractivity contribution in [3.63, 3.8) is 0 Å². The average Bonchev–Trinajstić information content (AvgIpc) is 3.19. The van der Waals surface area contributed by atoms with Gasteiger partial charge >= 0.3 is 0 Å². The number of benzene rings is 1. The lowest BCUT2D eigenvalue weighted by Gasteiger charge is -2.22. The zero-order valence-corrected chi connectivity index (χ0v) is 16.1. The maximum absolute atomic E-state index is 6.00. The van der Waals surface area contributed by atoms with Crippen molar-refractivity contribution in [1.82, 2.24) is 25.1 Å². The lowest BCUT2D eigenvalue weighted by molar-refractivity contribution is 0.208. The molecule has 28 heavy (non-hydrogen) atoms. The second-order valence-electron chi connectivity index (χ2n) is 7.21. The van der Waals surface area contributed by atoms with E-state index in [2.05, 4.69) is 15.4 Å². The Balaban J connectivity index is 1.63. The first-order valence-electron chi connectivity index (χ1n) is 9.72. The molecule has 0 spiro atoms. The van der Waals surface area contributed by atoms with E-state index in [1.807, 2.05) is 37.5 Å². The summed E-state index contributed by atoms with van der Waals surface area (Å²) in [6.45, 7) is 3.30. The third-order valence-corrected chi connectivity index (χ3v) is 5.12. The Morgan fingerprint density at radius 2 is 1.89 bits per heavy atom. The molecule has 1 aliphatic rings. The molecule has 7 nitrogen and oxygen atoms in total. The van der Waals surface area contributed by atoms with Gasteiger partial charge in [0.15, 0.2) is 0 Å². The van der Waals surface area contributed by atoms with Gasteiger partial charge in [0.25, 0.3) is 0 Å². The predicted octanol–water partition coefficient (Wildman–Crippen LogP) is 2.38. The summed E-state index contributed by atoms with van der Waals surface area (Å²) in [6.07, 6.45) is 7.73. The number of ether oxygens (including phenoxy) is 1. The van der Waals surface area contributed by atoms with Gasteiger partial charge in [0.05, 0.1) is 24.7 Å². The van der Waals surface area contributed by atoms with E-state index in [0.29, 0.717) is 24.9 Å². The van der Waals surface area contributed by atoms with E-state index < -0.39 is 0 Å². The molecule has 146 valence electrons. The Hall–Kier alpha value is -2.77. The number of nitrogens with zero attached hydrogens (tertiary/aromatic N) is 4. The molecule has 2 aromatic heterocycles. The molecule has 0 amide bonds. The van der Waals surface area contributed by atoms with Crippen LogP contribution < -0.4 is 15.8 Å². The van der Waals surface area contributed by atoms with Gasteiger partial charge in [-0.25, -0.2) is 9.97 Å². The fourth-order valence-electron chi connectivity index (χ4n) is 3.45. The molecule has 3 N–H and O–H groups in total. The van der Waals surface area contributed by atoms with Crippen LogP contribution in [0.15, 0.2) is 42.9 Å². The van der Waals surface area contributed by atoms with Crippen molar-refractivity contribution in [3.8, 4) is 28.4 Å². The minimum Gasteiger partial charge on any atom is -0.476 e. The number of rotatable bonds is 6. The molecule has 0 atom stereocenters. The number of nitrogens with two attached hydrogens (primary N) is 1. The maximum Gasteiger partial charge on any atom is 0.232 e. The van der Waals surface area contributed by atoms with Crippen molar-refractivity contribution in [1.29, 1.82) is 0 Å². The highest BCUT2D eigenvalue weighted by Gasteiger charge is 2.17. The first kappa shape index (κ1) is 18.6. The zero-order chi connectivity index (χ0) is 19.3. The topological polar surface area (TPSA) is 90.9 Å². The van der Waals surface area contributed by atoms with Crippen molar-refractivity contribution < 1.29 is 4.74 Å². The third kappa shape index (κ3) is 4.21. The SMILES string of the molecule is Cn1cc(-c2nc(OCC3CCNCC3)cnc2-c2ccc(CN)cc2)cn1. The molecule has 1 fully saturated rings. The second-order valence-corrected chi connectivity index (χ2v) is 7.21. The van der Waals surface area contributed by atoms with E-state index in [4.69, 9.17) is 15.5 Å². The number of hydrogen-bond donors (Lipinski definition) is 2.